The lowest BCUT2D eigenvalue weighted by Gasteiger charge is -2.06. The Morgan fingerprint density at radius 3 is 2.36 bits per heavy atom. The van der Waals surface area contributed by atoms with E-state index in [1.54, 1.807) is 6.20 Å². The lowest BCUT2D eigenvalue weighted by molar-refractivity contribution is 0.123. The van der Waals surface area contributed by atoms with Crippen LogP contribution in [-0.2, 0) is 17.8 Å². The summed E-state index contributed by atoms with van der Waals surface area (Å²) in [4.78, 5) is 4.11. The summed E-state index contributed by atoms with van der Waals surface area (Å²) in [6, 6.07) is 22.7. The van der Waals surface area contributed by atoms with Crippen molar-refractivity contribution in [2.24, 2.45) is 0 Å². The molecule has 28 heavy (non-hydrogen) atoms. The highest BCUT2D eigenvalue weighted by Crippen LogP contribution is 2.29. The lowest BCUT2D eigenvalue weighted by atomic mass is 10.0. The Labute approximate surface area is 164 Å². The SMILES string of the molecule is Cc1noc(-c2ccc(-c3ccccc3)cc2)c1CCOCc1cccnc1. The monoisotopic (exact) mass is 370 g/mol. The van der Waals surface area contributed by atoms with Crippen LogP contribution in [0.15, 0.2) is 83.6 Å². The van der Waals surface area contributed by atoms with Crippen LogP contribution in [-0.4, -0.2) is 16.7 Å². The van der Waals surface area contributed by atoms with Crippen molar-refractivity contribution in [1.82, 2.24) is 10.1 Å². The Balaban J connectivity index is 1.44. The maximum absolute atomic E-state index is 5.81. The van der Waals surface area contributed by atoms with Crippen LogP contribution < -0.4 is 0 Å². The van der Waals surface area contributed by atoms with Crippen molar-refractivity contribution in [3.8, 4) is 22.5 Å². The van der Waals surface area contributed by atoms with Gasteiger partial charge in [-0.05, 0) is 29.7 Å². The average Bonchev–Trinajstić information content (AvgIpc) is 3.13. The van der Waals surface area contributed by atoms with E-state index in [4.69, 9.17) is 9.26 Å². The molecule has 4 aromatic rings. The number of benzene rings is 2. The van der Waals surface area contributed by atoms with Crippen LogP contribution in [0, 0.1) is 6.92 Å². The van der Waals surface area contributed by atoms with Crippen LogP contribution in [0.4, 0.5) is 0 Å². The Hall–Kier alpha value is -3.24. The number of hydrogen-bond donors (Lipinski definition) is 0. The third-order valence-corrected chi connectivity index (χ3v) is 4.73. The van der Waals surface area contributed by atoms with E-state index in [-0.39, 0.29) is 0 Å². The number of ether oxygens (including phenoxy) is 1. The number of hydrogen-bond acceptors (Lipinski definition) is 4. The first-order valence-corrected chi connectivity index (χ1v) is 9.39. The minimum absolute atomic E-state index is 0.555. The fourth-order valence-corrected chi connectivity index (χ4v) is 3.20. The van der Waals surface area contributed by atoms with E-state index in [1.807, 2.05) is 43.5 Å². The molecule has 0 amide bonds. The molecule has 0 aliphatic rings. The summed E-state index contributed by atoms with van der Waals surface area (Å²) in [5.41, 5.74) is 6.49. The van der Waals surface area contributed by atoms with Gasteiger partial charge in [0.15, 0.2) is 5.76 Å². The molecule has 0 aliphatic carbocycles. The second-order valence-corrected chi connectivity index (χ2v) is 6.68. The zero-order valence-electron chi connectivity index (χ0n) is 15.8. The van der Waals surface area contributed by atoms with Crippen LogP contribution in [0.2, 0.25) is 0 Å². The molecule has 0 N–H and O–H groups in total. The standard InChI is InChI=1S/C24H22N2O2/c1-18-23(13-15-27-17-19-6-5-14-25-16-19)24(28-26-18)22-11-9-21(10-12-22)20-7-3-2-4-8-20/h2-12,14,16H,13,15,17H2,1H3. The van der Waals surface area contributed by atoms with Gasteiger partial charge in [-0.25, -0.2) is 0 Å². The Kier molecular flexibility index (Phi) is 5.59. The van der Waals surface area contributed by atoms with Gasteiger partial charge in [-0.2, -0.15) is 0 Å². The molecule has 0 spiro atoms. The largest absolute Gasteiger partial charge is 0.376 e. The smallest absolute Gasteiger partial charge is 0.170 e. The van der Waals surface area contributed by atoms with Gasteiger partial charge in [0.1, 0.15) is 0 Å². The molecule has 0 saturated carbocycles. The van der Waals surface area contributed by atoms with Crippen LogP contribution in [0.25, 0.3) is 22.5 Å². The van der Waals surface area contributed by atoms with E-state index in [1.165, 1.54) is 11.1 Å². The summed E-state index contributed by atoms with van der Waals surface area (Å²) in [7, 11) is 0. The number of nitrogens with zero attached hydrogens (tertiary/aromatic N) is 2. The molecular formula is C24H22N2O2. The van der Waals surface area contributed by atoms with Gasteiger partial charge < -0.3 is 9.26 Å². The van der Waals surface area contributed by atoms with Crippen molar-refractivity contribution in [2.45, 2.75) is 20.0 Å². The van der Waals surface area contributed by atoms with Crippen LogP contribution in [0.5, 0.6) is 0 Å². The fraction of sp³-hybridized carbons (Fsp3) is 0.167. The molecule has 0 saturated heterocycles. The van der Waals surface area contributed by atoms with Gasteiger partial charge in [0, 0.05) is 29.9 Å². The van der Waals surface area contributed by atoms with Crippen molar-refractivity contribution in [3.63, 3.8) is 0 Å². The highest BCUT2D eigenvalue weighted by atomic mass is 16.5. The van der Waals surface area contributed by atoms with Gasteiger partial charge >= 0.3 is 0 Å². The molecule has 0 radical (unpaired) electrons. The fourth-order valence-electron chi connectivity index (χ4n) is 3.20. The second kappa shape index (κ2) is 8.63. The topological polar surface area (TPSA) is 48.2 Å². The molecule has 2 aromatic heterocycles. The quantitative estimate of drug-likeness (QED) is 0.405. The van der Waals surface area contributed by atoms with E-state index in [0.717, 1.165) is 34.6 Å². The molecular weight excluding hydrogens is 348 g/mol. The molecule has 0 atom stereocenters. The third kappa shape index (κ3) is 4.18. The number of aryl methyl sites for hydroxylation is 1. The first-order valence-electron chi connectivity index (χ1n) is 9.39. The molecule has 2 heterocycles. The molecule has 140 valence electrons. The predicted octanol–water partition coefficient (Wildman–Crippen LogP) is 5.47. The summed E-state index contributed by atoms with van der Waals surface area (Å²) in [5.74, 6) is 0.821. The normalized spacial score (nSPS) is 10.9. The highest BCUT2D eigenvalue weighted by molar-refractivity contribution is 5.69. The summed E-state index contributed by atoms with van der Waals surface area (Å²) < 4.78 is 11.4. The van der Waals surface area contributed by atoms with Gasteiger partial charge in [-0.15, -0.1) is 0 Å². The van der Waals surface area contributed by atoms with Gasteiger partial charge in [0.05, 0.1) is 18.9 Å². The van der Waals surface area contributed by atoms with Crippen molar-refractivity contribution in [1.29, 1.82) is 0 Å². The van der Waals surface area contributed by atoms with Crippen molar-refractivity contribution in [2.75, 3.05) is 6.61 Å². The molecule has 0 unspecified atom stereocenters. The van der Waals surface area contributed by atoms with E-state index >= 15 is 0 Å². The molecule has 2 aromatic carbocycles. The summed E-state index contributed by atoms with van der Waals surface area (Å²) in [6.45, 7) is 3.13. The van der Waals surface area contributed by atoms with Crippen LogP contribution in [0.1, 0.15) is 16.8 Å². The summed E-state index contributed by atoms with van der Waals surface area (Å²) >= 11 is 0. The summed E-state index contributed by atoms with van der Waals surface area (Å²) in [5, 5.41) is 4.17. The number of aromatic nitrogens is 2. The summed E-state index contributed by atoms with van der Waals surface area (Å²) in [6.07, 6.45) is 4.34. The lowest BCUT2D eigenvalue weighted by Crippen LogP contribution is -2.01. The predicted molar refractivity (Wildman–Crippen MR) is 110 cm³/mol. The molecule has 0 fully saturated rings. The van der Waals surface area contributed by atoms with Crippen molar-refractivity contribution < 1.29 is 9.26 Å². The van der Waals surface area contributed by atoms with E-state index in [2.05, 4.69) is 46.5 Å². The van der Waals surface area contributed by atoms with Gasteiger partial charge in [-0.3, -0.25) is 4.98 Å². The molecule has 4 nitrogen and oxygen atoms in total. The van der Waals surface area contributed by atoms with Gasteiger partial charge in [0.2, 0.25) is 0 Å². The molecule has 4 rings (SSSR count). The second-order valence-electron chi connectivity index (χ2n) is 6.68. The Morgan fingerprint density at radius 1 is 0.857 bits per heavy atom. The molecule has 4 heteroatoms. The van der Waals surface area contributed by atoms with E-state index < -0.39 is 0 Å². The number of pyridine rings is 1. The highest BCUT2D eigenvalue weighted by Gasteiger charge is 2.15. The minimum Gasteiger partial charge on any atom is -0.376 e. The maximum Gasteiger partial charge on any atom is 0.170 e. The van der Waals surface area contributed by atoms with E-state index in [0.29, 0.717) is 13.2 Å². The maximum atomic E-state index is 5.81. The first-order chi connectivity index (χ1) is 13.8. The zero-order chi connectivity index (χ0) is 19.2. The van der Waals surface area contributed by atoms with Crippen molar-refractivity contribution in [3.05, 3.63) is 95.9 Å². The molecule has 0 aliphatic heterocycles. The Bertz CT molecular complexity index is 1010. The first kappa shape index (κ1) is 18.1. The molecule has 0 bridgehead atoms. The zero-order valence-corrected chi connectivity index (χ0v) is 15.8. The van der Waals surface area contributed by atoms with Gasteiger partial charge in [0.25, 0.3) is 0 Å². The van der Waals surface area contributed by atoms with Gasteiger partial charge in [-0.1, -0.05) is 65.8 Å². The third-order valence-electron chi connectivity index (χ3n) is 4.73. The average molecular weight is 370 g/mol. The minimum atomic E-state index is 0.555. The van der Waals surface area contributed by atoms with Crippen LogP contribution in [0.3, 0.4) is 0 Å². The van der Waals surface area contributed by atoms with Crippen molar-refractivity contribution >= 4 is 0 Å². The van der Waals surface area contributed by atoms with E-state index in [9.17, 15) is 0 Å². The number of rotatable bonds is 7. The Morgan fingerprint density at radius 2 is 1.61 bits per heavy atom. The van der Waals surface area contributed by atoms with Crippen LogP contribution >= 0.6 is 0 Å².